The summed E-state index contributed by atoms with van der Waals surface area (Å²) >= 11 is 0. The molecule has 11 heteroatoms. The van der Waals surface area contributed by atoms with Crippen molar-refractivity contribution in [3.63, 3.8) is 0 Å². The van der Waals surface area contributed by atoms with Gasteiger partial charge in [-0.2, -0.15) is 13.2 Å². The quantitative estimate of drug-likeness (QED) is 0.606. The zero-order valence-corrected chi connectivity index (χ0v) is 15.2. The molecule has 0 aliphatic carbocycles. The molecule has 0 unspecified atom stereocenters. The molecule has 8 nitrogen and oxygen atoms in total. The van der Waals surface area contributed by atoms with Crippen LogP contribution in [-0.2, 0) is 10.9 Å². The molecule has 29 heavy (non-hydrogen) atoms. The predicted octanol–water partition coefficient (Wildman–Crippen LogP) is 2.96. The fourth-order valence-electron chi connectivity index (χ4n) is 2.29. The van der Waals surface area contributed by atoms with Gasteiger partial charge in [0.05, 0.1) is 18.5 Å². The number of aromatic nitrogens is 4. The van der Waals surface area contributed by atoms with Crippen LogP contribution >= 0.6 is 0 Å². The normalized spacial score (nSPS) is 11.3. The van der Waals surface area contributed by atoms with Crippen LogP contribution in [0.4, 0.5) is 18.9 Å². The van der Waals surface area contributed by atoms with Crippen molar-refractivity contribution >= 4 is 11.6 Å². The van der Waals surface area contributed by atoms with E-state index in [-0.39, 0.29) is 18.0 Å². The third kappa shape index (κ3) is 5.29. The molecule has 0 spiro atoms. The largest absolute Gasteiger partial charge is 0.491 e. The Balaban J connectivity index is 1.83. The van der Waals surface area contributed by atoms with Crippen LogP contribution in [0.1, 0.15) is 16.2 Å². The lowest BCUT2D eigenvalue weighted by Crippen LogP contribution is -2.16. The molecule has 0 bridgehead atoms. The highest BCUT2D eigenvalue weighted by atomic mass is 19.4. The molecule has 3 heterocycles. The van der Waals surface area contributed by atoms with Gasteiger partial charge in [0.1, 0.15) is 35.9 Å². The molecule has 152 valence electrons. The van der Waals surface area contributed by atoms with Crippen molar-refractivity contribution in [1.82, 2.24) is 19.5 Å². The summed E-state index contributed by atoms with van der Waals surface area (Å²) in [6.07, 6.45) is 1.06. The van der Waals surface area contributed by atoms with Gasteiger partial charge in [-0.05, 0) is 12.1 Å². The van der Waals surface area contributed by atoms with Crippen LogP contribution in [-0.4, -0.2) is 45.7 Å². The maximum atomic E-state index is 12.6. The third-order valence-corrected chi connectivity index (χ3v) is 3.65. The molecule has 0 saturated carbocycles. The first-order valence-corrected chi connectivity index (χ1v) is 8.33. The number of ether oxygens (including phenoxy) is 2. The van der Waals surface area contributed by atoms with Gasteiger partial charge in [0, 0.05) is 31.6 Å². The van der Waals surface area contributed by atoms with E-state index in [1.165, 1.54) is 19.5 Å². The van der Waals surface area contributed by atoms with Gasteiger partial charge in [0.15, 0.2) is 0 Å². The third-order valence-electron chi connectivity index (χ3n) is 3.65. The highest BCUT2D eigenvalue weighted by molar-refractivity contribution is 6.03. The van der Waals surface area contributed by atoms with Crippen LogP contribution in [0.3, 0.4) is 0 Å². The summed E-state index contributed by atoms with van der Waals surface area (Å²) in [5.41, 5.74) is -0.951. The number of nitrogens with zero attached hydrogens (tertiary/aromatic N) is 4. The molecular formula is C18H16F3N5O3. The summed E-state index contributed by atoms with van der Waals surface area (Å²) in [4.78, 5) is 24.1. The van der Waals surface area contributed by atoms with Gasteiger partial charge in [-0.3, -0.25) is 9.36 Å². The molecule has 1 N–H and O–H groups in total. The number of halogens is 3. The summed E-state index contributed by atoms with van der Waals surface area (Å²) in [5, 5.41) is 2.47. The molecule has 3 aromatic heterocycles. The average Bonchev–Trinajstić information content (AvgIpc) is 3.22. The van der Waals surface area contributed by atoms with Crippen molar-refractivity contribution in [2.75, 3.05) is 25.6 Å². The second-order valence-electron chi connectivity index (χ2n) is 5.74. The summed E-state index contributed by atoms with van der Waals surface area (Å²) in [6.45, 7) is 0.606. The first kappa shape index (κ1) is 20.3. The summed E-state index contributed by atoms with van der Waals surface area (Å²) < 4.78 is 49.9. The number of carbonyl (C=O) groups excluding carboxylic acids is 1. The van der Waals surface area contributed by atoms with E-state index < -0.39 is 17.8 Å². The zero-order valence-electron chi connectivity index (χ0n) is 15.2. The molecular weight excluding hydrogens is 391 g/mol. The van der Waals surface area contributed by atoms with Crippen molar-refractivity contribution in [1.29, 1.82) is 0 Å². The molecule has 1 amide bonds. The van der Waals surface area contributed by atoms with Crippen LogP contribution in [0.25, 0.3) is 5.82 Å². The van der Waals surface area contributed by atoms with Gasteiger partial charge in [0.25, 0.3) is 5.91 Å². The van der Waals surface area contributed by atoms with E-state index in [2.05, 4.69) is 20.3 Å². The Morgan fingerprint density at radius 2 is 2.07 bits per heavy atom. The number of imidazole rings is 1. The fraction of sp³-hybridized carbons (Fsp3) is 0.222. The van der Waals surface area contributed by atoms with Crippen molar-refractivity contribution in [2.24, 2.45) is 0 Å². The van der Waals surface area contributed by atoms with Crippen molar-refractivity contribution < 1.29 is 27.4 Å². The van der Waals surface area contributed by atoms with Crippen molar-refractivity contribution in [2.45, 2.75) is 6.18 Å². The molecule has 0 fully saturated rings. The van der Waals surface area contributed by atoms with Gasteiger partial charge < -0.3 is 14.8 Å². The lowest BCUT2D eigenvalue weighted by molar-refractivity contribution is -0.141. The van der Waals surface area contributed by atoms with Crippen LogP contribution in [0.15, 0.2) is 49.2 Å². The molecule has 0 saturated heterocycles. The predicted molar refractivity (Wildman–Crippen MR) is 95.9 cm³/mol. The number of methoxy groups -OCH3 is 1. The van der Waals surface area contributed by atoms with Crippen LogP contribution in [0.5, 0.6) is 5.75 Å². The number of alkyl halides is 3. The second-order valence-corrected chi connectivity index (χ2v) is 5.74. The Labute approximate surface area is 163 Å². The SMILES string of the molecule is COCCOc1cc(C(=O)Nc2ccc(C(F)(F)F)nc2)nc(-n2ccnc2)c1. The average molecular weight is 407 g/mol. The number of hydrogen-bond acceptors (Lipinski definition) is 6. The first-order valence-electron chi connectivity index (χ1n) is 8.33. The monoisotopic (exact) mass is 407 g/mol. The van der Waals surface area contributed by atoms with Gasteiger partial charge in [-0.25, -0.2) is 15.0 Å². The maximum absolute atomic E-state index is 12.6. The van der Waals surface area contributed by atoms with Crippen molar-refractivity contribution in [3.05, 3.63) is 60.6 Å². The minimum Gasteiger partial charge on any atom is -0.491 e. The van der Waals surface area contributed by atoms with Gasteiger partial charge in [-0.15, -0.1) is 0 Å². The highest BCUT2D eigenvalue weighted by Gasteiger charge is 2.32. The zero-order chi connectivity index (χ0) is 20.9. The van der Waals surface area contributed by atoms with E-state index >= 15 is 0 Å². The minimum absolute atomic E-state index is 0.00325. The van der Waals surface area contributed by atoms with E-state index in [9.17, 15) is 18.0 Å². The number of nitrogens with one attached hydrogen (secondary N) is 1. The smallest absolute Gasteiger partial charge is 0.433 e. The standard InChI is InChI=1S/C18H16F3N5O3/c1-28-6-7-29-13-8-14(25-16(9-13)26-5-4-22-11-26)17(27)24-12-2-3-15(23-10-12)18(19,20)21/h2-5,8-11H,6-7H2,1H3,(H,24,27). The van der Waals surface area contributed by atoms with E-state index in [1.54, 1.807) is 23.0 Å². The summed E-state index contributed by atoms with van der Waals surface area (Å²) in [7, 11) is 1.53. The lowest BCUT2D eigenvalue weighted by atomic mass is 10.3. The second kappa shape index (κ2) is 8.69. The Morgan fingerprint density at radius 3 is 2.69 bits per heavy atom. The maximum Gasteiger partial charge on any atom is 0.433 e. The van der Waals surface area contributed by atoms with E-state index in [0.717, 1.165) is 18.3 Å². The number of hydrogen-bond donors (Lipinski definition) is 1. The van der Waals surface area contributed by atoms with E-state index in [1.807, 2.05) is 0 Å². The highest BCUT2D eigenvalue weighted by Crippen LogP contribution is 2.28. The minimum atomic E-state index is -4.56. The molecule has 0 atom stereocenters. The molecule has 0 aliphatic rings. The van der Waals surface area contributed by atoms with Crippen LogP contribution in [0, 0.1) is 0 Å². The first-order chi connectivity index (χ1) is 13.9. The number of amides is 1. The fourth-order valence-corrected chi connectivity index (χ4v) is 2.29. The number of pyridine rings is 2. The summed E-state index contributed by atoms with van der Waals surface area (Å²) in [5.74, 6) is 0.120. The van der Waals surface area contributed by atoms with Crippen molar-refractivity contribution in [3.8, 4) is 11.6 Å². The molecule has 0 aromatic carbocycles. The Morgan fingerprint density at radius 1 is 1.24 bits per heavy atom. The van der Waals surface area contributed by atoms with Gasteiger partial charge in [0.2, 0.25) is 0 Å². The number of carbonyl (C=O) groups is 1. The molecule has 3 aromatic rings. The topological polar surface area (TPSA) is 91.2 Å². The molecule has 0 aliphatic heterocycles. The summed E-state index contributed by atoms with van der Waals surface area (Å²) in [6, 6.07) is 4.93. The van der Waals surface area contributed by atoms with Crippen LogP contribution < -0.4 is 10.1 Å². The van der Waals surface area contributed by atoms with Gasteiger partial charge >= 0.3 is 6.18 Å². The van der Waals surface area contributed by atoms with Gasteiger partial charge in [-0.1, -0.05) is 0 Å². The lowest BCUT2D eigenvalue weighted by Gasteiger charge is -2.11. The number of rotatable bonds is 7. The van der Waals surface area contributed by atoms with E-state index in [0.29, 0.717) is 18.2 Å². The number of anilines is 1. The Bertz CT molecular complexity index is 960. The molecule has 3 rings (SSSR count). The van der Waals surface area contributed by atoms with Crippen LogP contribution in [0.2, 0.25) is 0 Å². The Kier molecular flexibility index (Phi) is 6.07. The van der Waals surface area contributed by atoms with E-state index in [4.69, 9.17) is 9.47 Å². The Hall–Kier alpha value is -3.47. The molecule has 0 radical (unpaired) electrons.